The van der Waals surface area contributed by atoms with E-state index in [4.69, 9.17) is 0 Å². The van der Waals surface area contributed by atoms with Gasteiger partial charge in [0.05, 0.1) is 24.5 Å². The minimum Gasteiger partial charge on any atom is -0.303 e. The Balaban J connectivity index is 1.45. The Morgan fingerprint density at radius 3 is 2.60 bits per heavy atom. The van der Waals surface area contributed by atoms with Crippen molar-refractivity contribution in [2.45, 2.75) is 26.1 Å². The zero-order valence-electron chi connectivity index (χ0n) is 22.1. The topological polar surface area (TPSA) is 68.3 Å². The fraction of sp³-hybridized carbons (Fsp3) is 0.200. The lowest BCUT2D eigenvalue weighted by molar-refractivity contribution is -0.137. The molecule has 0 fully saturated rings. The van der Waals surface area contributed by atoms with Crippen LogP contribution in [-0.4, -0.2) is 48.7 Å². The summed E-state index contributed by atoms with van der Waals surface area (Å²) in [5.74, 6) is 6.46. The number of hydrogen-bond donors (Lipinski definition) is 0. The summed E-state index contributed by atoms with van der Waals surface area (Å²) in [5.41, 5.74) is 2.94. The highest BCUT2D eigenvalue weighted by atomic mass is 19.4. The molecule has 3 heterocycles. The quantitative estimate of drug-likeness (QED) is 0.220. The van der Waals surface area contributed by atoms with Crippen LogP contribution in [0.4, 0.5) is 13.2 Å². The Kier molecular flexibility index (Phi) is 7.24. The molecule has 0 amide bonds. The summed E-state index contributed by atoms with van der Waals surface area (Å²) in [7, 11) is 3.70. The summed E-state index contributed by atoms with van der Waals surface area (Å²) in [6.07, 6.45) is 5.05. The molecule has 0 atom stereocenters. The molecule has 0 radical (unpaired) electrons. The van der Waals surface area contributed by atoms with Gasteiger partial charge in [0.2, 0.25) is 0 Å². The van der Waals surface area contributed by atoms with Crippen LogP contribution in [0.15, 0.2) is 73.6 Å². The van der Waals surface area contributed by atoms with E-state index in [1.54, 1.807) is 70.4 Å². The second kappa shape index (κ2) is 10.8. The number of carbonyl (C=O) groups excluding carboxylic acids is 1. The largest absolute Gasteiger partial charge is 0.416 e. The van der Waals surface area contributed by atoms with Crippen molar-refractivity contribution in [3.63, 3.8) is 0 Å². The van der Waals surface area contributed by atoms with Crippen LogP contribution in [0, 0.1) is 18.8 Å². The molecule has 3 aromatic heterocycles. The highest BCUT2D eigenvalue weighted by Gasteiger charge is 2.31. The van der Waals surface area contributed by atoms with Gasteiger partial charge in [-0.05, 0) is 62.3 Å². The third-order valence-electron chi connectivity index (χ3n) is 6.32. The summed E-state index contributed by atoms with van der Waals surface area (Å²) < 4.78 is 44.9. The Bertz CT molecular complexity index is 1770. The number of nitrogens with zero attached hydrogens (tertiary/aromatic N) is 6. The summed E-state index contributed by atoms with van der Waals surface area (Å²) in [6.45, 7) is 2.32. The van der Waals surface area contributed by atoms with Gasteiger partial charge in [-0.3, -0.25) is 14.2 Å². The molecular formula is C30H25F3N6O. The lowest BCUT2D eigenvalue weighted by atomic mass is 9.97. The van der Waals surface area contributed by atoms with Gasteiger partial charge in [0.15, 0.2) is 11.4 Å². The highest BCUT2D eigenvalue weighted by Crippen LogP contribution is 2.32. The van der Waals surface area contributed by atoms with Gasteiger partial charge in [-0.25, -0.2) is 9.97 Å². The minimum atomic E-state index is -4.57. The van der Waals surface area contributed by atoms with E-state index in [1.165, 1.54) is 0 Å². The van der Waals surface area contributed by atoms with E-state index in [9.17, 15) is 18.0 Å². The Labute approximate surface area is 229 Å². The molecule has 0 aliphatic carbocycles. The average Bonchev–Trinajstić information content (AvgIpc) is 3.54. The van der Waals surface area contributed by atoms with E-state index in [-0.39, 0.29) is 17.8 Å². The van der Waals surface area contributed by atoms with Crippen LogP contribution in [0.1, 0.15) is 44.1 Å². The number of rotatable bonds is 6. The zero-order valence-corrected chi connectivity index (χ0v) is 22.1. The third-order valence-corrected chi connectivity index (χ3v) is 6.32. The van der Waals surface area contributed by atoms with Crippen molar-refractivity contribution in [1.82, 2.24) is 28.8 Å². The summed E-state index contributed by atoms with van der Waals surface area (Å²) in [4.78, 5) is 27.8. The first-order valence-corrected chi connectivity index (χ1v) is 12.4. The number of ketones is 1. The molecule has 5 aromatic rings. The van der Waals surface area contributed by atoms with E-state index in [0.717, 1.165) is 17.7 Å². The molecule has 5 rings (SSSR count). The summed E-state index contributed by atoms with van der Waals surface area (Å²) >= 11 is 0. The van der Waals surface area contributed by atoms with Crippen LogP contribution in [0.25, 0.3) is 11.3 Å². The fourth-order valence-corrected chi connectivity index (χ4v) is 4.33. The minimum absolute atomic E-state index is 0.204. The van der Waals surface area contributed by atoms with Crippen LogP contribution in [-0.2, 0) is 19.1 Å². The molecule has 0 unspecified atom stereocenters. The SMILES string of the molecule is Cc1ccc(C(=O)Cc2cc(-n3ccnc3CN(C)C)cc(C(F)(F)F)c2)cc1C#Cc1cnc2cnccn12. The summed E-state index contributed by atoms with van der Waals surface area (Å²) in [5, 5.41) is 0. The number of Topliss-reactive ketones (excluding diaryl/α,β-unsaturated/α-hetero) is 1. The number of halogens is 3. The molecule has 7 nitrogen and oxygen atoms in total. The summed E-state index contributed by atoms with van der Waals surface area (Å²) in [6, 6.07) is 8.83. The van der Waals surface area contributed by atoms with Gasteiger partial charge in [-0.1, -0.05) is 18.1 Å². The number of alkyl halides is 3. The van der Waals surface area contributed by atoms with Crippen molar-refractivity contribution < 1.29 is 18.0 Å². The van der Waals surface area contributed by atoms with Crippen LogP contribution in [0.5, 0.6) is 0 Å². The number of carbonyl (C=O) groups is 1. The van der Waals surface area contributed by atoms with Crippen molar-refractivity contribution in [2.24, 2.45) is 0 Å². The first-order chi connectivity index (χ1) is 19.1. The number of hydrogen-bond acceptors (Lipinski definition) is 5. The van der Waals surface area contributed by atoms with Crippen LogP contribution >= 0.6 is 0 Å². The maximum atomic E-state index is 13.8. The van der Waals surface area contributed by atoms with E-state index < -0.39 is 11.7 Å². The lowest BCUT2D eigenvalue weighted by Gasteiger charge is -2.16. The smallest absolute Gasteiger partial charge is 0.303 e. The van der Waals surface area contributed by atoms with Gasteiger partial charge >= 0.3 is 6.18 Å². The number of fused-ring (bicyclic) bond motifs is 1. The van der Waals surface area contributed by atoms with Crippen molar-refractivity contribution in [2.75, 3.05) is 14.1 Å². The molecule has 2 aromatic carbocycles. The molecule has 10 heteroatoms. The predicted molar refractivity (Wildman–Crippen MR) is 144 cm³/mol. The van der Waals surface area contributed by atoms with Crippen molar-refractivity contribution in [3.8, 4) is 17.5 Å². The molecule has 202 valence electrons. The second-order valence-electron chi connectivity index (χ2n) is 9.66. The molecule has 0 spiro atoms. The first-order valence-electron chi connectivity index (χ1n) is 12.4. The molecule has 0 aliphatic heterocycles. The molecule has 0 N–H and O–H groups in total. The number of imidazole rings is 2. The monoisotopic (exact) mass is 542 g/mol. The molecule has 0 aliphatic rings. The van der Waals surface area contributed by atoms with Gasteiger partial charge in [0, 0.05) is 48.0 Å². The maximum Gasteiger partial charge on any atom is 0.416 e. The molecule has 0 saturated heterocycles. The van der Waals surface area contributed by atoms with Crippen molar-refractivity contribution in [1.29, 1.82) is 0 Å². The van der Waals surface area contributed by atoms with Crippen molar-refractivity contribution >= 4 is 11.4 Å². The lowest BCUT2D eigenvalue weighted by Crippen LogP contribution is -2.16. The molecule has 0 bridgehead atoms. The molecule has 0 saturated carbocycles. The third kappa shape index (κ3) is 5.80. The first kappa shape index (κ1) is 26.8. The van der Waals surface area contributed by atoms with Crippen LogP contribution in [0.3, 0.4) is 0 Å². The zero-order chi connectivity index (χ0) is 28.4. The van der Waals surface area contributed by atoms with Gasteiger partial charge in [-0.2, -0.15) is 13.2 Å². The maximum absolute atomic E-state index is 13.8. The van der Waals surface area contributed by atoms with Gasteiger partial charge < -0.3 is 9.47 Å². The van der Waals surface area contributed by atoms with E-state index in [2.05, 4.69) is 26.8 Å². The normalized spacial score (nSPS) is 11.6. The van der Waals surface area contributed by atoms with Crippen LogP contribution in [0.2, 0.25) is 0 Å². The van der Waals surface area contributed by atoms with Gasteiger partial charge in [0.1, 0.15) is 11.5 Å². The number of benzene rings is 2. The fourth-order valence-electron chi connectivity index (χ4n) is 4.33. The Hall–Kier alpha value is -4.75. The molecule has 40 heavy (non-hydrogen) atoms. The Morgan fingerprint density at radius 1 is 1.00 bits per heavy atom. The van der Waals surface area contributed by atoms with E-state index >= 15 is 0 Å². The van der Waals surface area contributed by atoms with Crippen molar-refractivity contribution in [3.05, 3.63) is 113 Å². The molecular weight excluding hydrogens is 517 g/mol. The standard InChI is InChI=1S/C30H25F3N6O/c1-20-4-5-23(15-22(20)6-7-25-17-36-28-18-34-8-10-38(25)28)27(40)14-21-12-24(30(31,32)33)16-26(13-21)39-11-9-35-29(39)19-37(2)3/h4-5,8-13,15-18H,14,19H2,1-3H3. The van der Waals surface area contributed by atoms with Gasteiger partial charge in [0.25, 0.3) is 0 Å². The Morgan fingerprint density at radius 2 is 1.82 bits per heavy atom. The second-order valence-corrected chi connectivity index (χ2v) is 9.66. The number of aryl methyl sites for hydroxylation is 1. The van der Waals surface area contributed by atoms with E-state index in [0.29, 0.717) is 40.5 Å². The predicted octanol–water partition coefficient (Wildman–Crippen LogP) is 5.13. The van der Waals surface area contributed by atoms with E-state index in [1.807, 2.05) is 25.9 Å². The average molecular weight is 543 g/mol. The van der Waals surface area contributed by atoms with Gasteiger partial charge in [-0.15, -0.1) is 0 Å². The van der Waals surface area contributed by atoms with Crippen LogP contribution < -0.4 is 0 Å². The highest BCUT2D eigenvalue weighted by molar-refractivity contribution is 5.98. The number of aromatic nitrogens is 5.